The second-order valence-electron chi connectivity index (χ2n) is 5.98. The van der Waals surface area contributed by atoms with Crippen LogP contribution in [0.15, 0.2) is 18.3 Å². The van der Waals surface area contributed by atoms with Gasteiger partial charge in [-0.15, -0.1) is 0 Å². The highest BCUT2D eigenvalue weighted by Gasteiger charge is 2.22. The first-order chi connectivity index (χ1) is 10.1. The number of anilines is 1. The minimum atomic E-state index is 0.163. The van der Waals surface area contributed by atoms with Crippen LogP contribution < -0.4 is 10.2 Å². The van der Waals surface area contributed by atoms with Crippen LogP contribution in [0.2, 0.25) is 0 Å². The molecule has 1 N–H and O–H groups in total. The van der Waals surface area contributed by atoms with Crippen molar-refractivity contribution in [1.29, 1.82) is 0 Å². The van der Waals surface area contributed by atoms with Gasteiger partial charge in [0.2, 0.25) is 5.91 Å². The van der Waals surface area contributed by atoms with E-state index in [0.29, 0.717) is 12.3 Å². The first-order valence-corrected chi connectivity index (χ1v) is 7.64. The van der Waals surface area contributed by atoms with E-state index in [1.807, 2.05) is 26.4 Å². The van der Waals surface area contributed by atoms with Crippen LogP contribution in [0.5, 0.6) is 0 Å². The molecule has 1 aromatic heterocycles. The predicted octanol–water partition coefficient (Wildman–Crippen LogP) is 1.50. The third-order valence-electron chi connectivity index (χ3n) is 4.15. The Labute approximate surface area is 127 Å². The lowest BCUT2D eigenvalue weighted by Crippen LogP contribution is -2.35. The Morgan fingerprint density at radius 3 is 2.76 bits per heavy atom. The molecule has 0 atom stereocenters. The molecule has 21 heavy (non-hydrogen) atoms. The van der Waals surface area contributed by atoms with Crippen molar-refractivity contribution >= 4 is 11.7 Å². The van der Waals surface area contributed by atoms with Crippen molar-refractivity contribution in [3.05, 3.63) is 23.9 Å². The molecule has 116 valence electrons. The van der Waals surface area contributed by atoms with Gasteiger partial charge in [0.1, 0.15) is 5.82 Å². The zero-order valence-electron chi connectivity index (χ0n) is 13.3. The van der Waals surface area contributed by atoms with E-state index < -0.39 is 0 Å². The summed E-state index contributed by atoms with van der Waals surface area (Å²) in [5.41, 5.74) is 1.27. The largest absolute Gasteiger partial charge is 0.362 e. The lowest BCUT2D eigenvalue weighted by atomic mass is 9.93. The Hall–Kier alpha value is -1.62. The quantitative estimate of drug-likeness (QED) is 0.893. The fourth-order valence-corrected chi connectivity index (χ4v) is 2.91. The molecule has 5 heteroatoms. The molecule has 1 aliphatic heterocycles. The zero-order valence-corrected chi connectivity index (χ0v) is 13.3. The molecule has 1 aliphatic rings. The second-order valence-corrected chi connectivity index (χ2v) is 5.98. The van der Waals surface area contributed by atoms with Gasteiger partial charge in [0.25, 0.3) is 0 Å². The SMILES string of the molecule is CNC(=O)CC1CCN(Cc2cccnc2N(C)C)CC1. The molecule has 0 bridgehead atoms. The highest BCUT2D eigenvalue weighted by molar-refractivity contribution is 5.75. The van der Waals surface area contributed by atoms with Gasteiger partial charge in [-0.05, 0) is 37.9 Å². The maximum absolute atomic E-state index is 11.4. The minimum absolute atomic E-state index is 0.163. The van der Waals surface area contributed by atoms with E-state index in [2.05, 4.69) is 26.2 Å². The molecule has 0 saturated carbocycles. The molecule has 0 radical (unpaired) electrons. The molecule has 1 aromatic rings. The van der Waals surface area contributed by atoms with Crippen molar-refractivity contribution in [2.45, 2.75) is 25.8 Å². The highest BCUT2D eigenvalue weighted by atomic mass is 16.1. The average Bonchev–Trinajstić information content (AvgIpc) is 2.49. The summed E-state index contributed by atoms with van der Waals surface area (Å²) in [4.78, 5) is 20.4. The van der Waals surface area contributed by atoms with Crippen LogP contribution in [-0.2, 0) is 11.3 Å². The van der Waals surface area contributed by atoms with Gasteiger partial charge in [-0.25, -0.2) is 4.98 Å². The first-order valence-electron chi connectivity index (χ1n) is 7.64. The Kier molecular flexibility index (Phi) is 5.56. The summed E-state index contributed by atoms with van der Waals surface area (Å²) >= 11 is 0. The lowest BCUT2D eigenvalue weighted by Gasteiger charge is -2.32. The summed E-state index contributed by atoms with van der Waals surface area (Å²) in [6, 6.07) is 4.15. The molecule has 0 unspecified atom stereocenters. The van der Waals surface area contributed by atoms with E-state index in [-0.39, 0.29) is 5.91 Å². The molecule has 1 saturated heterocycles. The normalized spacial score (nSPS) is 16.7. The Bertz CT molecular complexity index is 467. The highest BCUT2D eigenvalue weighted by Crippen LogP contribution is 2.23. The van der Waals surface area contributed by atoms with Crippen molar-refractivity contribution in [1.82, 2.24) is 15.2 Å². The fourth-order valence-electron chi connectivity index (χ4n) is 2.91. The van der Waals surface area contributed by atoms with Gasteiger partial charge in [-0.2, -0.15) is 0 Å². The number of hydrogen-bond acceptors (Lipinski definition) is 4. The molecule has 2 heterocycles. The second kappa shape index (κ2) is 7.41. The molecule has 0 aromatic carbocycles. The Morgan fingerprint density at radius 2 is 2.14 bits per heavy atom. The van der Waals surface area contributed by atoms with Gasteiger partial charge in [-0.1, -0.05) is 6.07 Å². The summed E-state index contributed by atoms with van der Waals surface area (Å²) in [5, 5.41) is 2.72. The fraction of sp³-hybridized carbons (Fsp3) is 0.625. The van der Waals surface area contributed by atoms with E-state index in [1.54, 1.807) is 7.05 Å². The van der Waals surface area contributed by atoms with Crippen LogP contribution >= 0.6 is 0 Å². The average molecular weight is 290 g/mol. The Balaban J connectivity index is 1.88. The molecule has 0 aliphatic carbocycles. The van der Waals surface area contributed by atoms with Crippen molar-refractivity contribution < 1.29 is 4.79 Å². The van der Waals surface area contributed by atoms with Crippen LogP contribution in [-0.4, -0.2) is 50.0 Å². The van der Waals surface area contributed by atoms with E-state index >= 15 is 0 Å². The summed E-state index contributed by atoms with van der Waals surface area (Å²) in [6.45, 7) is 3.06. The van der Waals surface area contributed by atoms with E-state index in [4.69, 9.17) is 0 Å². The number of carbonyl (C=O) groups excluding carboxylic acids is 1. The van der Waals surface area contributed by atoms with Crippen molar-refractivity contribution in [3.63, 3.8) is 0 Å². The predicted molar refractivity (Wildman–Crippen MR) is 85.2 cm³/mol. The number of pyridine rings is 1. The van der Waals surface area contributed by atoms with Crippen molar-refractivity contribution in [2.24, 2.45) is 5.92 Å². The topological polar surface area (TPSA) is 48.5 Å². The summed E-state index contributed by atoms with van der Waals surface area (Å²) in [5.74, 6) is 1.74. The summed E-state index contributed by atoms with van der Waals surface area (Å²) in [7, 11) is 5.77. The molecule has 2 rings (SSSR count). The molecule has 5 nitrogen and oxygen atoms in total. The molecule has 1 fully saturated rings. The number of amides is 1. The molecular formula is C16H26N4O. The number of piperidine rings is 1. The number of aromatic nitrogens is 1. The smallest absolute Gasteiger partial charge is 0.220 e. The van der Waals surface area contributed by atoms with Gasteiger partial charge >= 0.3 is 0 Å². The van der Waals surface area contributed by atoms with Crippen LogP contribution in [0.25, 0.3) is 0 Å². The number of hydrogen-bond donors (Lipinski definition) is 1. The molecule has 1 amide bonds. The van der Waals surface area contributed by atoms with Crippen molar-refractivity contribution in [3.8, 4) is 0 Å². The van der Waals surface area contributed by atoms with Gasteiger partial charge in [-0.3, -0.25) is 9.69 Å². The van der Waals surface area contributed by atoms with Crippen molar-refractivity contribution in [2.75, 3.05) is 39.1 Å². The van der Waals surface area contributed by atoms with Gasteiger partial charge in [0.15, 0.2) is 0 Å². The lowest BCUT2D eigenvalue weighted by molar-refractivity contribution is -0.121. The number of nitrogens with zero attached hydrogens (tertiary/aromatic N) is 3. The van der Waals surface area contributed by atoms with Crippen LogP contribution in [0.4, 0.5) is 5.82 Å². The standard InChI is InChI=1S/C16H26N4O/c1-17-15(21)11-13-6-9-20(10-7-13)12-14-5-4-8-18-16(14)19(2)3/h4-5,8,13H,6-7,9-12H2,1-3H3,(H,17,21). The van der Waals surface area contributed by atoms with Crippen LogP contribution in [0, 0.1) is 5.92 Å². The van der Waals surface area contributed by atoms with E-state index in [0.717, 1.165) is 38.3 Å². The van der Waals surface area contributed by atoms with Crippen LogP contribution in [0.3, 0.4) is 0 Å². The maximum atomic E-state index is 11.4. The molecule has 0 spiro atoms. The number of nitrogens with one attached hydrogen (secondary N) is 1. The summed E-state index contributed by atoms with van der Waals surface area (Å²) < 4.78 is 0. The van der Waals surface area contributed by atoms with E-state index in [9.17, 15) is 4.79 Å². The molecular weight excluding hydrogens is 264 g/mol. The van der Waals surface area contributed by atoms with E-state index in [1.165, 1.54) is 5.56 Å². The Morgan fingerprint density at radius 1 is 1.43 bits per heavy atom. The third-order valence-corrected chi connectivity index (χ3v) is 4.15. The number of likely N-dealkylation sites (tertiary alicyclic amines) is 1. The monoisotopic (exact) mass is 290 g/mol. The first kappa shape index (κ1) is 15.8. The number of rotatable bonds is 5. The van der Waals surface area contributed by atoms with Gasteiger partial charge < -0.3 is 10.2 Å². The zero-order chi connectivity index (χ0) is 15.2. The summed E-state index contributed by atoms with van der Waals surface area (Å²) in [6.07, 6.45) is 4.71. The van der Waals surface area contributed by atoms with Gasteiger partial charge in [0, 0.05) is 45.9 Å². The maximum Gasteiger partial charge on any atom is 0.220 e. The number of carbonyl (C=O) groups is 1. The minimum Gasteiger partial charge on any atom is -0.362 e. The third kappa shape index (κ3) is 4.43. The van der Waals surface area contributed by atoms with Gasteiger partial charge in [0.05, 0.1) is 0 Å². The van der Waals surface area contributed by atoms with Crippen LogP contribution in [0.1, 0.15) is 24.8 Å².